The van der Waals surface area contributed by atoms with Crippen molar-refractivity contribution in [3.05, 3.63) is 36.9 Å². The summed E-state index contributed by atoms with van der Waals surface area (Å²) in [6.07, 6.45) is 3.00. The molecule has 0 unspecified atom stereocenters. The van der Waals surface area contributed by atoms with Crippen molar-refractivity contribution in [2.75, 3.05) is 6.86 Å². The van der Waals surface area contributed by atoms with Crippen molar-refractivity contribution < 1.29 is 9.13 Å². The van der Waals surface area contributed by atoms with Gasteiger partial charge in [0.25, 0.3) is 0 Å². The van der Waals surface area contributed by atoms with Crippen LogP contribution in [0.3, 0.4) is 0 Å². The molecule has 1 aromatic heterocycles. The Morgan fingerprint density at radius 1 is 1.43 bits per heavy atom. The van der Waals surface area contributed by atoms with Crippen LogP contribution in [0.1, 0.15) is 0 Å². The highest BCUT2D eigenvalue weighted by Gasteiger charge is 1.98. The Bertz CT molecular complexity index is 402. The number of halogens is 1. The molecule has 2 rings (SSSR count). The molecule has 0 fully saturated rings. The largest absolute Gasteiger partial charge is 0.463 e. The highest BCUT2D eigenvalue weighted by molar-refractivity contribution is 5.37. The number of rotatable bonds is 3. The van der Waals surface area contributed by atoms with Gasteiger partial charge in [0.1, 0.15) is 18.4 Å². The predicted molar refractivity (Wildman–Crippen MR) is 48.0 cm³/mol. The highest BCUT2D eigenvalue weighted by Crippen LogP contribution is 2.15. The van der Waals surface area contributed by atoms with Gasteiger partial charge in [0, 0.05) is 6.07 Å². The number of nitrogens with zero attached hydrogens (tertiary/aromatic N) is 3. The van der Waals surface area contributed by atoms with Crippen LogP contribution in [0.5, 0.6) is 5.75 Å². The van der Waals surface area contributed by atoms with Crippen molar-refractivity contribution >= 4 is 0 Å². The van der Waals surface area contributed by atoms with Gasteiger partial charge in [0.2, 0.25) is 6.86 Å². The summed E-state index contributed by atoms with van der Waals surface area (Å²) in [7, 11) is 0. The van der Waals surface area contributed by atoms with Crippen LogP contribution in [-0.2, 0) is 0 Å². The lowest BCUT2D eigenvalue weighted by Gasteiger charge is -2.03. The third kappa shape index (κ3) is 1.71. The first-order valence-corrected chi connectivity index (χ1v) is 4.04. The molecule has 0 aliphatic heterocycles. The fraction of sp³-hybridized carbons (Fsp3) is 0.111. The van der Waals surface area contributed by atoms with Gasteiger partial charge in [-0.25, -0.2) is 14.1 Å². The van der Waals surface area contributed by atoms with Gasteiger partial charge in [-0.2, -0.15) is 5.10 Å². The van der Waals surface area contributed by atoms with E-state index in [1.165, 1.54) is 6.33 Å². The maximum absolute atomic E-state index is 11.9. The van der Waals surface area contributed by atoms with E-state index in [0.717, 1.165) is 5.69 Å². The first-order chi connectivity index (χ1) is 6.90. The lowest BCUT2D eigenvalue weighted by atomic mass is 10.3. The van der Waals surface area contributed by atoms with E-state index in [1.54, 1.807) is 29.2 Å². The molecule has 0 aliphatic carbocycles. The molecule has 2 aromatic rings. The minimum Gasteiger partial charge on any atom is -0.463 e. The molecule has 0 spiro atoms. The van der Waals surface area contributed by atoms with Crippen LogP contribution in [-0.4, -0.2) is 21.6 Å². The van der Waals surface area contributed by atoms with Crippen LogP contribution in [0, 0.1) is 0 Å². The van der Waals surface area contributed by atoms with E-state index >= 15 is 0 Å². The molecule has 5 heteroatoms. The number of hydrogen-bond acceptors (Lipinski definition) is 3. The van der Waals surface area contributed by atoms with E-state index in [0.29, 0.717) is 5.75 Å². The number of benzene rings is 1. The molecule has 4 nitrogen and oxygen atoms in total. The van der Waals surface area contributed by atoms with Crippen molar-refractivity contribution in [2.24, 2.45) is 0 Å². The summed E-state index contributed by atoms with van der Waals surface area (Å²) in [4.78, 5) is 3.81. The third-order valence-corrected chi connectivity index (χ3v) is 1.72. The molecule has 72 valence electrons. The smallest absolute Gasteiger partial charge is 0.228 e. The van der Waals surface area contributed by atoms with E-state index in [-0.39, 0.29) is 0 Å². The zero-order valence-electron chi connectivity index (χ0n) is 7.30. The summed E-state index contributed by atoms with van der Waals surface area (Å²) in [6, 6.07) is 6.97. The van der Waals surface area contributed by atoms with Crippen molar-refractivity contribution in [3.8, 4) is 11.4 Å². The standard InChI is InChI=1S/C9H8FN3O/c10-5-14-9-3-1-2-8(4-9)13-7-11-6-12-13/h1-4,6-7H,5H2. The van der Waals surface area contributed by atoms with E-state index in [9.17, 15) is 4.39 Å². The second-order valence-electron chi connectivity index (χ2n) is 2.59. The predicted octanol–water partition coefficient (Wildman–Crippen LogP) is 1.57. The zero-order valence-corrected chi connectivity index (χ0v) is 7.30. The summed E-state index contributed by atoms with van der Waals surface area (Å²) in [5.41, 5.74) is 0.786. The minimum atomic E-state index is -0.833. The lowest BCUT2D eigenvalue weighted by Crippen LogP contribution is -1.96. The summed E-state index contributed by atoms with van der Waals surface area (Å²) in [5.74, 6) is 0.473. The first-order valence-electron chi connectivity index (χ1n) is 4.04. The number of ether oxygens (including phenoxy) is 1. The Kier molecular flexibility index (Phi) is 2.40. The van der Waals surface area contributed by atoms with Crippen LogP contribution in [0.25, 0.3) is 5.69 Å². The van der Waals surface area contributed by atoms with Crippen LogP contribution in [0.15, 0.2) is 36.9 Å². The van der Waals surface area contributed by atoms with Crippen molar-refractivity contribution in [2.45, 2.75) is 0 Å². The number of alkyl halides is 1. The van der Waals surface area contributed by atoms with Gasteiger partial charge >= 0.3 is 0 Å². The monoisotopic (exact) mass is 193 g/mol. The average Bonchev–Trinajstić information content (AvgIpc) is 2.71. The molecule has 1 aromatic carbocycles. The Morgan fingerprint density at radius 2 is 2.36 bits per heavy atom. The van der Waals surface area contributed by atoms with Gasteiger partial charge in [-0.1, -0.05) is 6.07 Å². The molecule has 0 radical (unpaired) electrons. The first kappa shape index (κ1) is 8.68. The molecule has 14 heavy (non-hydrogen) atoms. The van der Waals surface area contributed by atoms with Crippen molar-refractivity contribution in [1.29, 1.82) is 0 Å². The number of aromatic nitrogens is 3. The van der Waals surface area contributed by atoms with Crippen LogP contribution < -0.4 is 4.74 Å². The highest BCUT2D eigenvalue weighted by atomic mass is 19.1. The third-order valence-electron chi connectivity index (χ3n) is 1.72. The second kappa shape index (κ2) is 3.87. The number of hydrogen-bond donors (Lipinski definition) is 0. The SMILES string of the molecule is FCOc1cccc(-n2cncn2)c1. The van der Waals surface area contributed by atoms with E-state index in [1.807, 2.05) is 6.07 Å². The van der Waals surface area contributed by atoms with Gasteiger partial charge in [0.05, 0.1) is 5.69 Å². The molecule has 0 aliphatic rings. The van der Waals surface area contributed by atoms with E-state index < -0.39 is 6.86 Å². The zero-order chi connectivity index (χ0) is 9.80. The average molecular weight is 193 g/mol. The minimum absolute atomic E-state index is 0.473. The topological polar surface area (TPSA) is 39.9 Å². The molecular formula is C9H8FN3O. The lowest BCUT2D eigenvalue weighted by molar-refractivity contribution is 0.191. The van der Waals surface area contributed by atoms with E-state index in [4.69, 9.17) is 4.74 Å². The van der Waals surface area contributed by atoms with Crippen LogP contribution in [0.4, 0.5) is 4.39 Å². The molecule has 0 atom stereocenters. The normalized spacial score (nSPS) is 10.1. The van der Waals surface area contributed by atoms with Crippen molar-refractivity contribution in [1.82, 2.24) is 14.8 Å². The summed E-state index contributed by atoms with van der Waals surface area (Å²) in [5, 5.41) is 3.94. The van der Waals surface area contributed by atoms with Gasteiger partial charge in [-0.15, -0.1) is 0 Å². The fourth-order valence-corrected chi connectivity index (χ4v) is 1.12. The Labute approximate surface area is 80.0 Å². The Balaban J connectivity index is 2.31. The fourth-order valence-electron chi connectivity index (χ4n) is 1.12. The van der Waals surface area contributed by atoms with Crippen molar-refractivity contribution in [3.63, 3.8) is 0 Å². The maximum Gasteiger partial charge on any atom is 0.228 e. The summed E-state index contributed by atoms with van der Waals surface area (Å²) in [6.45, 7) is -0.833. The van der Waals surface area contributed by atoms with Gasteiger partial charge in [-0.3, -0.25) is 0 Å². The molecule has 0 saturated heterocycles. The molecule has 1 heterocycles. The van der Waals surface area contributed by atoms with Crippen LogP contribution in [0.2, 0.25) is 0 Å². The van der Waals surface area contributed by atoms with Gasteiger partial charge in [0.15, 0.2) is 0 Å². The second-order valence-corrected chi connectivity index (χ2v) is 2.59. The molecule has 0 N–H and O–H groups in total. The van der Waals surface area contributed by atoms with Gasteiger partial charge < -0.3 is 4.74 Å². The maximum atomic E-state index is 11.9. The Morgan fingerprint density at radius 3 is 3.07 bits per heavy atom. The van der Waals surface area contributed by atoms with Crippen LogP contribution >= 0.6 is 0 Å². The molecular weight excluding hydrogens is 185 g/mol. The summed E-state index contributed by atoms with van der Waals surface area (Å²) >= 11 is 0. The van der Waals surface area contributed by atoms with E-state index in [2.05, 4.69) is 10.1 Å². The van der Waals surface area contributed by atoms with Gasteiger partial charge in [-0.05, 0) is 12.1 Å². The molecule has 0 saturated carbocycles. The summed E-state index contributed by atoms with van der Waals surface area (Å²) < 4.78 is 18.2. The molecule has 0 amide bonds. The Hall–Kier alpha value is -1.91. The quantitative estimate of drug-likeness (QED) is 0.742. The molecule has 0 bridgehead atoms.